The van der Waals surface area contributed by atoms with E-state index < -0.39 is 6.03 Å². The Labute approximate surface area is 196 Å². The van der Waals surface area contributed by atoms with Crippen LogP contribution in [-0.2, 0) is 17.9 Å². The van der Waals surface area contributed by atoms with Gasteiger partial charge < -0.3 is 9.88 Å². The topological polar surface area (TPSA) is 54.3 Å². The molecule has 1 aliphatic rings. The predicted molar refractivity (Wildman–Crippen MR) is 131 cm³/mol. The lowest BCUT2D eigenvalue weighted by Gasteiger charge is -2.11. The molecule has 164 valence electrons. The molecule has 0 spiro atoms. The minimum absolute atomic E-state index is 0.189. The van der Waals surface area contributed by atoms with Crippen molar-refractivity contribution in [2.45, 2.75) is 20.0 Å². The summed E-state index contributed by atoms with van der Waals surface area (Å²) in [7, 11) is 0. The molecule has 0 unspecified atom stereocenters. The number of benzene rings is 3. The molecule has 0 aliphatic carbocycles. The lowest BCUT2D eigenvalue weighted by atomic mass is 10.1. The van der Waals surface area contributed by atoms with Gasteiger partial charge in [0.25, 0.3) is 5.91 Å². The van der Waals surface area contributed by atoms with Crippen LogP contribution < -0.4 is 5.32 Å². The number of nitrogens with zero attached hydrogens (tertiary/aromatic N) is 2. The number of aryl methyl sites for hydroxylation is 1. The van der Waals surface area contributed by atoms with Crippen molar-refractivity contribution >= 4 is 40.5 Å². The number of hydrogen-bond donors (Lipinski definition) is 1. The molecule has 3 aromatic carbocycles. The van der Waals surface area contributed by atoms with Crippen molar-refractivity contribution in [3.8, 4) is 0 Å². The molecule has 6 heteroatoms. The second-order valence-corrected chi connectivity index (χ2v) is 8.66. The van der Waals surface area contributed by atoms with E-state index in [1.807, 2.05) is 36.5 Å². The highest BCUT2D eigenvalue weighted by molar-refractivity contribution is 6.30. The monoisotopic (exact) mass is 455 g/mol. The molecule has 1 fully saturated rings. The minimum Gasteiger partial charge on any atom is -0.342 e. The summed E-state index contributed by atoms with van der Waals surface area (Å²) in [6.07, 6.45) is 3.79. The summed E-state index contributed by atoms with van der Waals surface area (Å²) in [6.45, 7) is 2.98. The standard InChI is InChI=1S/C27H22ClN3O2/c1-18-6-8-19(9-7-18)15-30-17-21(23-4-2-3-5-25(23)30)14-24-26(32)31(27(33)29-24)16-20-10-12-22(28)13-11-20/h2-14,17H,15-16H2,1H3,(H,29,33)/b24-14+. The molecule has 0 radical (unpaired) electrons. The number of fused-ring (bicyclic) bond motifs is 1. The molecule has 1 saturated heterocycles. The van der Waals surface area contributed by atoms with Crippen molar-refractivity contribution in [3.05, 3.63) is 112 Å². The SMILES string of the molecule is Cc1ccc(Cn2cc(/C=C3/NC(=O)N(Cc4ccc(Cl)cc4)C3=O)c3ccccc32)cc1. The van der Waals surface area contributed by atoms with Crippen LogP contribution in [0.3, 0.4) is 0 Å². The Morgan fingerprint density at radius 2 is 1.55 bits per heavy atom. The second kappa shape index (κ2) is 8.60. The Kier molecular flexibility index (Phi) is 5.48. The fourth-order valence-electron chi connectivity index (χ4n) is 4.05. The van der Waals surface area contributed by atoms with E-state index in [-0.39, 0.29) is 18.1 Å². The third-order valence-electron chi connectivity index (χ3n) is 5.81. The summed E-state index contributed by atoms with van der Waals surface area (Å²) in [6, 6.07) is 23.2. The summed E-state index contributed by atoms with van der Waals surface area (Å²) >= 11 is 5.94. The summed E-state index contributed by atoms with van der Waals surface area (Å²) < 4.78 is 2.17. The maximum atomic E-state index is 13.0. The quantitative estimate of drug-likeness (QED) is 0.308. The maximum Gasteiger partial charge on any atom is 0.329 e. The maximum absolute atomic E-state index is 13.0. The number of rotatable bonds is 5. The van der Waals surface area contributed by atoms with E-state index in [2.05, 4.69) is 47.1 Å². The van der Waals surface area contributed by atoms with Gasteiger partial charge in [0.05, 0.1) is 6.54 Å². The van der Waals surface area contributed by atoms with Crippen molar-refractivity contribution in [2.24, 2.45) is 0 Å². The second-order valence-electron chi connectivity index (χ2n) is 8.22. The highest BCUT2D eigenvalue weighted by Gasteiger charge is 2.33. The average molecular weight is 456 g/mol. The first-order chi connectivity index (χ1) is 16.0. The fraction of sp³-hybridized carbons (Fsp3) is 0.111. The Hall–Kier alpha value is -3.83. The van der Waals surface area contributed by atoms with Crippen LogP contribution in [0.5, 0.6) is 0 Å². The number of carbonyl (C=O) groups is 2. The molecule has 5 rings (SSSR count). The molecule has 0 saturated carbocycles. The first kappa shape index (κ1) is 21.0. The zero-order chi connectivity index (χ0) is 22.9. The van der Waals surface area contributed by atoms with Gasteiger partial charge in [0.15, 0.2) is 0 Å². The van der Waals surface area contributed by atoms with Gasteiger partial charge in [0, 0.05) is 34.2 Å². The van der Waals surface area contributed by atoms with Crippen molar-refractivity contribution < 1.29 is 9.59 Å². The highest BCUT2D eigenvalue weighted by Crippen LogP contribution is 2.26. The molecule has 3 amide bonds. The van der Waals surface area contributed by atoms with Gasteiger partial charge in [-0.3, -0.25) is 9.69 Å². The number of nitrogens with one attached hydrogen (secondary N) is 1. The molecule has 1 N–H and O–H groups in total. The van der Waals surface area contributed by atoms with E-state index in [4.69, 9.17) is 11.6 Å². The molecule has 1 aliphatic heterocycles. The Balaban J connectivity index is 1.45. The number of urea groups is 1. The van der Waals surface area contributed by atoms with E-state index in [0.29, 0.717) is 11.6 Å². The molecule has 5 nitrogen and oxygen atoms in total. The average Bonchev–Trinajstić information content (AvgIpc) is 3.29. The van der Waals surface area contributed by atoms with Gasteiger partial charge in [0.1, 0.15) is 5.70 Å². The van der Waals surface area contributed by atoms with Crippen molar-refractivity contribution in [1.82, 2.24) is 14.8 Å². The van der Waals surface area contributed by atoms with Crippen molar-refractivity contribution in [1.29, 1.82) is 0 Å². The number of aromatic nitrogens is 1. The number of hydrogen-bond acceptors (Lipinski definition) is 2. The first-order valence-electron chi connectivity index (χ1n) is 10.7. The number of carbonyl (C=O) groups excluding carboxylic acids is 2. The fourth-order valence-corrected chi connectivity index (χ4v) is 4.18. The molecular formula is C27H22ClN3O2. The van der Waals surface area contributed by atoms with Gasteiger partial charge in [-0.15, -0.1) is 0 Å². The third-order valence-corrected chi connectivity index (χ3v) is 6.06. The number of amides is 3. The molecule has 33 heavy (non-hydrogen) atoms. The number of imide groups is 1. The highest BCUT2D eigenvalue weighted by atomic mass is 35.5. The third kappa shape index (κ3) is 4.28. The largest absolute Gasteiger partial charge is 0.342 e. The van der Waals surface area contributed by atoms with Crippen molar-refractivity contribution in [3.63, 3.8) is 0 Å². The molecule has 2 heterocycles. The van der Waals surface area contributed by atoms with Crippen molar-refractivity contribution in [2.75, 3.05) is 0 Å². The summed E-state index contributed by atoms with van der Waals surface area (Å²) in [5, 5.41) is 4.36. The predicted octanol–water partition coefficient (Wildman–Crippen LogP) is 5.74. The van der Waals surface area contributed by atoms with E-state index in [9.17, 15) is 9.59 Å². The van der Waals surface area contributed by atoms with Gasteiger partial charge in [-0.25, -0.2) is 4.79 Å². The smallest absolute Gasteiger partial charge is 0.329 e. The van der Waals surface area contributed by atoms with Crippen LogP contribution in [0.25, 0.3) is 17.0 Å². The van der Waals surface area contributed by atoms with Gasteiger partial charge in [-0.2, -0.15) is 0 Å². The van der Waals surface area contributed by atoms with E-state index in [1.54, 1.807) is 18.2 Å². The number of para-hydroxylation sites is 1. The summed E-state index contributed by atoms with van der Waals surface area (Å²) in [4.78, 5) is 26.7. The van der Waals surface area contributed by atoms with Gasteiger partial charge in [0.2, 0.25) is 0 Å². The van der Waals surface area contributed by atoms with Gasteiger partial charge in [-0.1, -0.05) is 71.8 Å². The van der Waals surface area contributed by atoms with Crippen LogP contribution in [0.1, 0.15) is 22.3 Å². The Morgan fingerprint density at radius 3 is 2.30 bits per heavy atom. The summed E-state index contributed by atoms with van der Waals surface area (Å²) in [5.74, 6) is -0.342. The van der Waals surface area contributed by atoms with Crippen LogP contribution in [0.4, 0.5) is 4.79 Å². The van der Waals surface area contributed by atoms with E-state index >= 15 is 0 Å². The molecule has 0 atom stereocenters. The van der Waals surface area contributed by atoms with Crippen LogP contribution in [0.2, 0.25) is 5.02 Å². The molecule has 4 aromatic rings. The molecular weight excluding hydrogens is 434 g/mol. The minimum atomic E-state index is -0.426. The summed E-state index contributed by atoms with van der Waals surface area (Å²) in [5.41, 5.74) is 5.47. The van der Waals surface area contributed by atoms with Crippen LogP contribution in [-0.4, -0.2) is 21.4 Å². The lowest BCUT2D eigenvalue weighted by molar-refractivity contribution is -0.123. The number of halogens is 1. The van der Waals surface area contributed by atoms with Crippen LogP contribution in [0.15, 0.2) is 84.7 Å². The van der Waals surface area contributed by atoms with E-state index in [1.165, 1.54) is 16.0 Å². The Morgan fingerprint density at radius 1 is 0.879 bits per heavy atom. The first-order valence-corrected chi connectivity index (χ1v) is 11.1. The molecule has 1 aromatic heterocycles. The van der Waals surface area contributed by atoms with Gasteiger partial charge >= 0.3 is 6.03 Å². The zero-order valence-corrected chi connectivity index (χ0v) is 18.8. The van der Waals surface area contributed by atoms with Crippen LogP contribution >= 0.6 is 11.6 Å². The Bertz CT molecular complexity index is 1390. The van der Waals surface area contributed by atoms with E-state index in [0.717, 1.165) is 22.0 Å². The molecule has 0 bridgehead atoms. The lowest BCUT2D eigenvalue weighted by Crippen LogP contribution is -2.30. The van der Waals surface area contributed by atoms with Gasteiger partial charge in [-0.05, 0) is 42.3 Å². The van der Waals surface area contributed by atoms with Crippen LogP contribution in [0, 0.1) is 6.92 Å². The zero-order valence-electron chi connectivity index (χ0n) is 18.1. The normalized spacial score (nSPS) is 15.0.